The maximum atomic E-state index is 13.9. The van der Waals surface area contributed by atoms with Gasteiger partial charge >= 0.3 is 0 Å². The molecular formula is C17H19F3N2O2. The molecule has 1 aromatic carbocycles. The zero-order valence-corrected chi connectivity index (χ0v) is 13.5. The molecule has 0 heterocycles. The normalized spacial score (nSPS) is 18.9. The molecule has 0 radical (unpaired) electrons. The highest BCUT2D eigenvalue weighted by Crippen LogP contribution is 2.35. The summed E-state index contributed by atoms with van der Waals surface area (Å²) >= 11 is 0. The van der Waals surface area contributed by atoms with Crippen LogP contribution in [0, 0.1) is 17.5 Å². The van der Waals surface area contributed by atoms with Crippen LogP contribution < -0.4 is 0 Å². The molecule has 0 amide bonds. The number of benzene rings is 1. The molecule has 7 heteroatoms. The first-order valence-corrected chi connectivity index (χ1v) is 7.54. The number of hydrogen-bond acceptors (Lipinski definition) is 4. The molecule has 1 unspecified atom stereocenters. The summed E-state index contributed by atoms with van der Waals surface area (Å²) in [4.78, 5) is 18.2. The summed E-state index contributed by atoms with van der Waals surface area (Å²) in [5.41, 5.74) is -0.0228. The van der Waals surface area contributed by atoms with Crippen molar-refractivity contribution in [2.45, 2.75) is 18.8 Å². The smallest absolute Gasteiger partial charge is 0.194 e. The Morgan fingerprint density at radius 2 is 1.96 bits per heavy atom. The van der Waals surface area contributed by atoms with E-state index in [1.165, 1.54) is 6.21 Å². The number of halogens is 3. The monoisotopic (exact) mass is 340 g/mol. The van der Waals surface area contributed by atoms with Crippen LogP contribution in [0.25, 0.3) is 0 Å². The number of nitrogens with zero attached hydrogens (tertiary/aromatic N) is 2. The molecule has 1 aliphatic rings. The quantitative estimate of drug-likeness (QED) is 0.662. The number of allylic oxidation sites excluding steroid dienone is 2. The van der Waals surface area contributed by atoms with Gasteiger partial charge in [-0.3, -0.25) is 9.79 Å². The van der Waals surface area contributed by atoms with Crippen molar-refractivity contribution in [3.63, 3.8) is 0 Å². The molecule has 0 saturated carbocycles. The lowest BCUT2D eigenvalue weighted by Crippen LogP contribution is -2.21. The second kappa shape index (κ2) is 7.61. The van der Waals surface area contributed by atoms with Gasteiger partial charge in [-0.2, -0.15) is 0 Å². The van der Waals surface area contributed by atoms with Crippen molar-refractivity contribution in [2.24, 2.45) is 4.99 Å². The number of Topliss-reactive ketones (excluding diaryl/α,β-unsaturated/α-hetero) is 1. The molecule has 2 rings (SSSR count). The van der Waals surface area contributed by atoms with Crippen molar-refractivity contribution in [2.75, 3.05) is 27.2 Å². The number of rotatable bonds is 5. The van der Waals surface area contributed by atoms with Crippen LogP contribution in [-0.2, 0) is 4.79 Å². The standard InChI is InChI=1S/C17H19F3N2O2/c1-22(2)6-5-21-9-12-14(23)7-10(8-15(12)24)11-3-4-13(18)17(20)16(11)19/h3-4,9-10,23H,5-8H2,1-2H3. The second-order valence-electron chi connectivity index (χ2n) is 5.99. The summed E-state index contributed by atoms with van der Waals surface area (Å²) in [6.45, 7) is 1.17. The summed E-state index contributed by atoms with van der Waals surface area (Å²) in [6.07, 6.45) is 1.20. The Balaban J connectivity index is 2.18. The van der Waals surface area contributed by atoms with Gasteiger partial charge in [0.15, 0.2) is 23.2 Å². The highest BCUT2D eigenvalue weighted by molar-refractivity contribution is 6.14. The van der Waals surface area contributed by atoms with Gasteiger partial charge in [-0.15, -0.1) is 0 Å². The molecule has 0 spiro atoms. The van der Waals surface area contributed by atoms with Crippen LogP contribution in [0.5, 0.6) is 0 Å². The Morgan fingerprint density at radius 3 is 2.58 bits per heavy atom. The average Bonchev–Trinajstić information content (AvgIpc) is 2.51. The van der Waals surface area contributed by atoms with Gasteiger partial charge in [-0.25, -0.2) is 13.2 Å². The maximum Gasteiger partial charge on any atom is 0.194 e. The highest BCUT2D eigenvalue weighted by Gasteiger charge is 2.30. The lowest BCUT2D eigenvalue weighted by Gasteiger charge is -2.23. The molecule has 1 aromatic rings. The molecule has 1 N–H and O–H groups in total. The predicted octanol–water partition coefficient (Wildman–Crippen LogP) is 2.99. The number of aliphatic hydroxyl groups is 1. The van der Waals surface area contributed by atoms with Crippen LogP contribution in [0.3, 0.4) is 0 Å². The molecule has 0 fully saturated rings. The van der Waals surface area contributed by atoms with Crippen molar-refractivity contribution in [3.8, 4) is 0 Å². The maximum absolute atomic E-state index is 13.9. The Morgan fingerprint density at radius 1 is 1.25 bits per heavy atom. The number of aliphatic hydroxyl groups excluding tert-OH is 1. The first-order chi connectivity index (χ1) is 11.3. The van der Waals surface area contributed by atoms with Gasteiger partial charge in [0.1, 0.15) is 5.76 Å². The first kappa shape index (κ1) is 18.2. The fourth-order valence-corrected chi connectivity index (χ4v) is 2.55. The summed E-state index contributed by atoms with van der Waals surface area (Å²) in [5.74, 6) is -5.52. The first-order valence-electron chi connectivity index (χ1n) is 7.54. The molecular weight excluding hydrogens is 321 g/mol. The zero-order valence-electron chi connectivity index (χ0n) is 13.5. The topological polar surface area (TPSA) is 52.9 Å². The van der Waals surface area contributed by atoms with E-state index >= 15 is 0 Å². The lowest BCUT2D eigenvalue weighted by atomic mass is 9.82. The number of hydrogen-bond donors (Lipinski definition) is 1. The van der Waals surface area contributed by atoms with Gasteiger partial charge in [-0.1, -0.05) is 6.07 Å². The van der Waals surface area contributed by atoms with Crippen LogP contribution in [0.4, 0.5) is 13.2 Å². The van der Waals surface area contributed by atoms with E-state index in [1.807, 2.05) is 19.0 Å². The van der Waals surface area contributed by atoms with Gasteiger partial charge in [0.2, 0.25) is 0 Å². The van der Waals surface area contributed by atoms with Crippen LogP contribution in [-0.4, -0.2) is 49.2 Å². The fourth-order valence-electron chi connectivity index (χ4n) is 2.55. The second-order valence-corrected chi connectivity index (χ2v) is 5.99. The highest BCUT2D eigenvalue weighted by atomic mass is 19.2. The van der Waals surface area contributed by atoms with Gasteiger partial charge < -0.3 is 10.0 Å². The number of likely N-dealkylation sites (N-methyl/N-ethyl adjacent to an activating group) is 1. The molecule has 0 bridgehead atoms. The van der Waals surface area contributed by atoms with Crippen LogP contribution in [0.1, 0.15) is 24.3 Å². The predicted molar refractivity (Wildman–Crippen MR) is 84.9 cm³/mol. The minimum atomic E-state index is -1.57. The van der Waals surface area contributed by atoms with E-state index < -0.39 is 29.2 Å². The Hall–Kier alpha value is -2.15. The molecule has 0 saturated heterocycles. The molecule has 130 valence electrons. The van der Waals surface area contributed by atoms with Crippen molar-refractivity contribution >= 4 is 12.0 Å². The van der Waals surface area contributed by atoms with E-state index in [1.54, 1.807) is 0 Å². The van der Waals surface area contributed by atoms with E-state index in [0.717, 1.165) is 12.1 Å². The third-order valence-electron chi connectivity index (χ3n) is 3.88. The van der Waals surface area contributed by atoms with Crippen molar-refractivity contribution in [1.82, 2.24) is 4.90 Å². The Labute approximate surface area is 138 Å². The van der Waals surface area contributed by atoms with E-state index in [4.69, 9.17) is 0 Å². The molecule has 1 aliphatic carbocycles. The molecule has 4 nitrogen and oxygen atoms in total. The third-order valence-corrected chi connectivity index (χ3v) is 3.88. The third kappa shape index (κ3) is 4.03. The Bertz CT molecular complexity index is 699. The van der Waals surface area contributed by atoms with E-state index in [2.05, 4.69) is 4.99 Å². The molecule has 24 heavy (non-hydrogen) atoms. The fraction of sp³-hybridized carbons (Fsp3) is 0.412. The van der Waals surface area contributed by atoms with E-state index in [0.29, 0.717) is 13.1 Å². The minimum Gasteiger partial charge on any atom is -0.511 e. The SMILES string of the molecule is CN(C)CCN=CC1=C(O)CC(c2ccc(F)c(F)c2F)CC1=O. The molecule has 1 atom stereocenters. The van der Waals surface area contributed by atoms with Gasteiger partial charge in [0.25, 0.3) is 0 Å². The van der Waals surface area contributed by atoms with Crippen molar-refractivity contribution < 1.29 is 23.1 Å². The van der Waals surface area contributed by atoms with Crippen LogP contribution in [0.2, 0.25) is 0 Å². The lowest BCUT2D eigenvalue weighted by molar-refractivity contribution is -0.116. The van der Waals surface area contributed by atoms with Gasteiger partial charge in [0.05, 0.1) is 12.1 Å². The van der Waals surface area contributed by atoms with Gasteiger partial charge in [0, 0.05) is 31.5 Å². The summed E-state index contributed by atoms with van der Waals surface area (Å²) in [7, 11) is 3.78. The van der Waals surface area contributed by atoms with E-state index in [-0.39, 0.29) is 29.7 Å². The number of carbonyl (C=O) groups is 1. The minimum absolute atomic E-state index is 0.0250. The largest absolute Gasteiger partial charge is 0.511 e. The van der Waals surface area contributed by atoms with Crippen LogP contribution >= 0.6 is 0 Å². The van der Waals surface area contributed by atoms with Crippen molar-refractivity contribution in [1.29, 1.82) is 0 Å². The summed E-state index contributed by atoms with van der Waals surface area (Å²) < 4.78 is 40.2. The van der Waals surface area contributed by atoms with Crippen molar-refractivity contribution in [3.05, 3.63) is 46.5 Å². The number of aliphatic imine (C=N–C) groups is 1. The Kier molecular flexibility index (Phi) is 5.77. The average molecular weight is 340 g/mol. The number of ketones is 1. The zero-order chi connectivity index (χ0) is 17.9. The van der Waals surface area contributed by atoms with E-state index in [9.17, 15) is 23.1 Å². The van der Waals surface area contributed by atoms with Gasteiger partial charge in [-0.05, 0) is 25.7 Å². The number of carbonyl (C=O) groups excluding carboxylic acids is 1. The summed E-state index contributed by atoms with van der Waals surface area (Å²) in [5, 5.41) is 10.1. The molecule has 0 aromatic heterocycles. The molecule has 0 aliphatic heterocycles. The summed E-state index contributed by atoms with van der Waals surface area (Å²) in [6, 6.07) is 1.92. The van der Waals surface area contributed by atoms with Crippen LogP contribution in [0.15, 0.2) is 28.5 Å².